The first-order valence-electron chi connectivity index (χ1n) is 7.08. The van der Waals surface area contributed by atoms with Gasteiger partial charge in [-0.2, -0.15) is 0 Å². The van der Waals surface area contributed by atoms with Crippen LogP contribution in [-0.4, -0.2) is 28.7 Å². The van der Waals surface area contributed by atoms with Crippen molar-refractivity contribution in [3.05, 3.63) is 39.1 Å². The van der Waals surface area contributed by atoms with Gasteiger partial charge in [0.25, 0.3) is 0 Å². The quantitative estimate of drug-likeness (QED) is 0.783. The van der Waals surface area contributed by atoms with Gasteiger partial charge in [0.05, 0.1) is 16.2 Å². The van der Waals surface area contributed by atoms with E-state index < -0.39 is 11.4 Å². The van der Waals surface area contributed by atoms with E-state index in [1.165, 1.54) is 12.3 Å². The highest BCUT2D eigenvalue weighted by molar-refractivity contribution is 6.34. The van der Waals surface area contributed by atoms with E-state index in [0.717, 1.165) is 12.8 Å². The molecule has 1 aromatic carbocycles. The van der Waals surface area contributed by atoms with Crippen molar-refractivity contribution < 1.29 is 9.90 Å². The summed E-state index contributed by atoms with van der Waals surface area (Å²) in [6, 6.07) is 3.56. The van der Waals surface area contributed by atoms with Gasteiger partial charge in [-0.3, -0.25) is 4.79 Å². The molecular formula is C15H16ClN3O3. The number of nitrogens with zero attached hydrogens (tertiary/aromatic N) is 1. The molecule has 1 aliphatic rings. The summed E-state index contributed by atoms with van der Waals surface area (Å²) in [4.78, 5) is 23.6. The summed E-state index contributed by atoms with van der Waals surface area (Å²) in [5.41, 5.74) is 6.13. The zero-order chi connectivity index (χ0) is 15.9. The average molecular weight is 322 g/mol. The Kier molecular flexibility index (Phi) is 3.80. The smallest absolute Gasteiger partial charge is 0.341 e. The first-order valence-corrected chi connectivity index (χ1v) is 7.46. The maximum Gasteiger partial charge on any atom is 0.341 e. The van der Waals surface area contributed by atoms with Crippen LogP contribution >= 0.6 is 11.6 Å². The number of hydrogen-bond donors (Lipinski definition) is 3. The molecule has 7 heteroatoms. The normalized spacial score (nSPS) is 14.3. The molecular weight excluding hydrogens is 306 g/mol. The van der Waals surface area contributed by atoms with Crippen LogP contribution in [0.3, 0.4) is 0 Å². The fourth-order valence-corrected chi connectivity index (χ4v) is 2.75. The number of halogens is 1. The number of fused-ring (bicyclic) bond motifs is 1. The molecule has 0 atom stereocenters. The van der Waals surface area contributed by atoms with Crippen molar-refractivity contribution in [2.24, 2.45) is 5.73 Å². The minimum atomic E-state index is -1.22. The Morgan fingerprint density at radius 3 is 2.77 bits per heavy atom. The van der Waals surface area contributed by atoms with Crippen LogP contribution in [-0.2, 0) is 0 Å². The molecule has 4 N–H and O–H groups in total. The van der Waals surface area contributed by atoms with E-state index in [1.54, 1.807) is 6.07 Å². The molecule has 1 aromatic heterocycles. The number of aromatic carboxylic acids is 1. The van der Waals surface area contributed by atoms with Crippen molar-refractivity contribution in [1.82, 2.24) is 4.57 Å². The number of carboxylic acids is 1. The third-order valence-corrected chi connectivity index (χ3v) is 4.06. The number of anilines is 1. The molecule has 3 rings (SSSR count). The third kappa shape index (κ3) is 2.55. The second-order valence-corrected chi connectivity index (χ2v) is 5.79. The molecule has 2 aromatic rings. The molecule has 1 fully saturated rings. The number of nitrogens with one attached hydrogen (secondary N) is 1. The molecule has 1 heterocycles. The highest BCUT2D eigenvalue weighted by atomic mass is 35.5. The van der Waals surface area contributed by atoms with Crippen LogP contribution in [0.4, 0.5) is 5.69 Å². The molecule has 1 saturated carbocycles. The minimum absolute atomic E-state index is 0.224. The van der Waals surface area contributed by atoms with Crippen molar-refractivity contribution in [2.45, 2.75) is 18.9 Å². The maximum atomic E-state index is 12.3. The molecule has 0 amide bonds. The number of rotatable bonds is 5. The molecule has 116 valence electrons. The fourth-order valence-electron chi connectivity index (χ4n) is 2.52. The maximum absolute atomic E-state index is 12.3. The molecule has 0 radical (unpaired) electrons. The van der Waals surface area contributed by atoms with Gasteiger partial charge in [-0.25, -0.2) is 4.79 Å². The van der Waals surface area contributed by atoms with Crippen molar-refractivity contribution in [2.75, 3.05) is 18.4 Å². The summed E-state index contributed by atoms with van der Waals surface area (Å²) in [7, 11) is 0. The second-order valence-electron chi connectivity index (χ2n) is 5.38. The fraction of sp³-hybridized carbons (Fsp3) is 0.333. The summed E-state index contributed by atoms with van der Waals surface area (Å²) < 4.78 is 1.87. The Morgan fingerprint density at radius 1 is 1.45 bits per heavy atom. The van der Waals surface area contributed by atoms with Crippen LogP contribution in [0.25, 0.3) is 10.9 Å². The molecule has 0 bridgehead atoms. The molecule has 0 unspecified atom stereocenters. The van der Waals surface area contributed by atoms with Crippen LogP contribution in [0.2, 0.25) is 5.02 Å². The highest BCUT2D eigenvalue weighted by Crippen LogP contribution is 2.38. The topological polar surface area (TPSA) is 97.3 Å². The van der Waals surface area contributed by atoms with Crippen molar-refractivity contribution in [3.8, 4) is 0 Å². The Morgan fingerprint density at radius 2 is 2.18 bits per heavy atom. The lowest BCUT2D eigenvalue weighted by molar-refractivity contribution is 0.0695. The van der Waals surface area contributed by atoms with Crippen LogP contribution in [0.5, 0.6) is 0 Å². The summed E-state index contributed by atoms with van der Waals surface area (Å²) in [6.45, 7) is 1.02. The number of benzene rings is 1. The first-order chi connectivity index (χ1) is 10.5. The predicted molar refractivity (Wildman–Crippen MR) is 86.0 cm³/mol. The van der Waals surface area contributed by atoms with E-state index in [2.05, 4.69) is 5.32 Å². The van der Waals surface area contributed by atoms with Gasteiger partial charge in [0.2, 0.25) is 5.43 Å². The lowest BCUT2D eigenvalue weighted by atomic mass is 10.1. The molecule has 22 heavy (non-hydrogen) atoms. The minimum Gasteiger partial charge on any atom is -0.477 e. The largest absolute Gasteiger partial charge is 0.477 e. The van der Waals surface area contributed by atoms with Gasteiger partial charge in [-0.15, -0.1) is 0 Å². The lowest BCUT2D eigenvalue weighted by Gasteiger charge is -2.14. The Hall–Kier alpha value is -2.05. The summed E-state index contributed by atoms with van der Waals surface area (Å²) in [5, 5.41) is 13.0. The highest BCUT2D eigenvalue weighted by Gasteiger charge is 2.27. The predicted octanol–water partition coefficient (Wildman–Crippen LogP) is 2.06. The molecule has 0 spiro atoms. The van der Waals surface area contributed by atoms with Gasteiger partial charge in [0.1, 0.15) is 5.56 Å². The lowest BCUT2D eigenvalue weighted by Crippen LogP contribution is -2.19. The van der Waals surface area contributed by atoms with Gasteiger partial charge in [-0.1, -0.05) is 11.6 Å². The van der Waals surface area contributed by atoms with Crippen LogP contribution < -0.4 is 16.5 Å². The number of hydrogen-bond acceptors (Lipinski definition) is 4. The Balaban J connectivity index is 2.27. The van der Waals surface area contributed by atoms with Gasteiger partial charge in [-0.05, 0) is 25.0 Å². The number of nitrogens with two attached hydrogens (primary N) is 1. The van der Waals surface area contributed by atoms with Crippen molar-refractivity contribution in [1.29, 1.82) is 0 Å². The number of pyridine rings is 1. The van der Waals surface area contributed by atoms with Crippen LogP contribution in [0, 0.1) is 0 Å². The van der Waals surface area contributed by atoms with Gasteiger partial charge in [0.15, 0.2) is 0 Å². The zero-order valence-electron chi connectivity index (χ0n) is 11.8. The summed E-state index contributed by atoms with van der Waals surface area (Å²) in [5.74, 6) is -1.22. The van der Waals surface area contributed by atoms with E-state index in [9.17, 15) is 14.7 Å². The van der Waals surface area contributed by atoms with E-state index >= 15 is 0 Å². The summed E-state index contributed by atoms with van der Waals surface area (Å²) in [6.07, 6.45) is 3.39. The third-order valence-electron chi connectivity index (χ3n) is 3.75. The monoisotopic (exact) mass is 321 g/mol. The number of aromatic nitrogens is 1. The zero-order valence-corrected chi connectivity index (χ0v) is 12.6. The Bertz CT molecular complexity index is 812. The number of carbonyl (C=O) groups is 1. The molecule has 0 aliphatic heterocycles. The summed E-state index contributed by atoms with van der Waals surface area (Å²) >= 11 is 6.19. The molecule has 0 saturated heterocycles. The van der Waals surface area contributed by atoms with Crippen molar-refractivity contribution in [3.63, 3.8) is 0 Å². The van der Waals surface area contributed by atoms with Crippen molar-refractivity contribution >= 4 is 34.2 Å². The number of carboxylic acid groups (broad SMARTS) is 1. The van der Waals surface area contributed by atoms with Crippen LogP contribution in [0.1, 0.15) is 29.2 Å². The van der Waals surface area contributed by atoms with E-state index in [1.807, 2.05) is 4.57 Å². The molecule has 6 nitrogen and oxygen atoms in total. The van der Waals surface area contributed by atoms with E-state index in [4.69, 9.17) is 17.3 Å². The van der Waals surface area contributed by atoms with Gasteiger partial charge < -0.3 is 20.7 Å². The van der Waals surface area contributed by atoms with Gasteiger partial charge in [0, 0.05) is 30.7 Å². The van der Waals surface area contributed by atoms with Gasteiger partial charge >= 0.3 is 5.97 Å². The van der Waals surface area contributed by atoms with Crippen LogP contribution in [0.15, 0.2) is 23.1 Å². The average Bonchev–Trinajstić information content (AvgIpc) is 3.30. The van der Waals surface area contributed by atoms with E-state index in [-0.39, 0.29) is 11.6 Å². The molecule has 1 aliphatic carbocycles. The first kappa shape index (κ1) is 14.9. The standard InChI is InChI=1S/C15H16ClN3O3/c16-11-5-9-13(6-12(11)18-4-3-17)19(8-1-2-8)7-10(14(9)20)15(21)22/h5-8,18H,1-4,17H2,(H,21,22). The Labute approximate surface area is 131 Å². The van der Waals surface area contributed by atoms with E-state index in [0.29, 0.717) is 34.7 Å². The SMILES string of the molecule is NCCNc1cc2c(cc1Cl)c(=O)c(C(=O)O)cn2C1CC1. The second kappa shape index (κ2) is 5.62.